The minimum atomic E-state index is 0. The highest BCUT2D eigenvalue weighted by atomic mass is 79.9. The molecule has 68 valence electrons. The third-order valence-electron chi connectivity index (χ3n) is 1.33. The van der Waals surface area contributed by atoms with Crippen LogP contribution in [0.2, 0.25) is 0 Å². The first-order valence-corrected chi connectivity index (χ1v) is 3.87. The monoisotopic (exact) mass is 252 g/mol. The Balaban J connectivity index is 0.00000121. The van der Waals surface area contributed by atoms with Crippen LogP contribution in [-0.2, 0) is 0 Å². The molecule has 0 bridgehead atoms. The van der Waals surface area contributed by atoms with Gasteiger partial charge in [-0.3, -0.25) is 5.84 Å². The van der Waals surface area contributed by atoms with Gasteiger partial charge >= 0.3 is 0 Å². The zero-order valence-electron chi connectivity index (χ0n) is 6.50. The second kappa shape index (κ2) is 5.24. The van der Waals surface area contributed by atoms with E-state index >= 15 is 0 Å². The fourth-order valence-electron chi connectivity index (χ4n) is 0.740. The summed E-state index contributed by atoms with van der Waals surface area (Å²) in [5, 5.41) is 0. The molecule has 1 aromatic rings. The summed E-state index contributed by atoms with van der Waals surface area (Å²) in [6, 6.07) is 5.51. The molecule has 12 heavy (non-hydrogen) atoms. The average molecular weight is 254 g/mol. The normalized spacial score (nSPS) is 8.58. The molecule has 0 amide bonds. The maximum atomic E-state index is 5.22. The minimum Gasteiger partial charge on any atom is -0.497 e. The zero-order chi connectivity index (χ0) is 8.27. The van der Waals surface area contributed by atoms with E-state index in [1.807, 2.05) is 18.2 Å². The van der Waals surface area contributed by atoms with Crippen LogP contribution in [0.4, 0.5) is 5.69 Å². The molecule has 0 heterocycles. The number of halogens is 2. The maximum absolute atomic E-state index is 5.22. The Morgan fingerprint density at radius 2 is 2.17 bits per heavy atom. The molecule has 0 aliphatic heterocycles. The molecule has 0 aromatic heterocycles. The fraction of sp³-hybridized carbons (Fsp3) is 0.143. The lowest BCUT2D eigenvalue weighted by Gasteiger charge is -2.04. The molecule has 3 N–H and O–H groups in total. The molecular formula is C7H10BrClN2O. The van der Waals surface area contributed by atoms with Gasteiger partial charge in [0.05, 0.1) is 12.8 Å². The number of hydrazine groups is 1. The van der Waals surface area contributed by atoms with Crippen molar-refractivity contribution in [3.8, 4) is 5.75 Å². The van der Waals surface area contributed by atoms with Crippen LogP contribution >= 0.6 is 28.3 Å². The summed E-state index contributed by atoms with van der Waals surface area (Å²) < 4.78 is 5.88. The van der Waals surface area contributed by atoms with Crippen LogP contribution in [0.3, 0.4) is 0 Å². The van der Waals surface area contributed by atoms with Crippen LogP contribution in [0, 0.1) is 0 Å². The van der Waals surface area contributed by atoms with Crippen LogP contribution in [0.1, 0.15) is 0 Å². The molecule has 1 rings (SSSR count). The standard InChI is InChI=1S/C7H9BrN2O.ClH/c1-11-5-2-3-7(10-9)6(8)4-5;/h2-4,10H,9H2,1H3;1H. The number of methoxy groups -OCH3 is 1. The summed E-state index contributed by atoms with van der Waals surface area (Å²) in [6.07, 6.45) is 0. The fourth-order valence-corrected chi connectivity index (χ4v) is 1.21. The third-order valence-corrected chi connectivity index (χ3v) is 1.99. The summed E-state index contributed by atoms with van der Waals surface area (Å²) >= 11 is 3.33. The second-order valence-electron chi connectivity index (χ2n) is 1.99. The van der Waals surface area contributed by atoms with Gasteiger partial charge in [-0.1, -0.05) is 0 Å². The van der Waals surface area contributed by atoms with Crippen molar-refractivity contribution in [2.45, 2.75) is 0 Å². The molecule has 5 heteroatoms. The molecule has 0 saturated carbocycles. The van der Waals surface area contributed by atoms with Crippen molar-refractivity contribution in [3.63, 3.8) is 0 Å². The Morgan fingerprint density at radius 1 is 1.50 bits per heavy atom. The lowest BCUT2D eigenvalue weighted by Crippen LogP contribution is -2.06. The van der Waals surface area contributed by atoms with E-state index in [4.69, 9.17) is 10.6 Å². The van der Waals surface area contributed by atoms with Gasteiger partial charge in [0.25, 0.3) is 0 Å². The maximum Gasteiger partial charge on any atom is 0.120 e. The largest absolute Gasteiger partial charge is 0.497 e. The quantitative estimate of drug-likeness (QED) is 0.627. The number of hydrogen-bond acceptors (Lipinski definition) is 3. The number of hydrogen-bond donors (Lipinski definition) is 2. The molecule has 0 spiro atoms. The molecule has 0 unspecified atom stereocenters. The van der Waals surface area contributed by atoms with Crippen molar-refractivity contribution < 1.29 is 4.74 Å². The van der Waals surface area contributed by atoms with Crippen LogP contribution in [-0.4, -0.2) is 7.11 Å². The molecule has 0 aliphatic rings. The number of ether oxygens (including phenoxy) is 1. The summed E-state index contributed by atoms with van der Waals surface area (Å²) in [7, 11) is 1.62. The summed E-state index contributed by atoms with van der Waals surface area (Å²) in [5.74, 6) is 6.02. The van der Waals surface area contributed by atoms with E-state index in [1.54, 1.807) is 7.11 Å². The first kappa shape index (κ1) is 11.5. The van der Waals surface area contributed by atoms with Crippen molar-refractivity contribution >= 4 is 34.0 Å². The smallest absolute Gasteiger partial charge is 0.120 e. The lowest BCUT2D eigenvalue weighted by molar-refractivity contribution is 0.414. The van der Waals surface area contributed by atoms with E-state index in [9.17, 15) is 0 Å². The van der Waals surface area contributed by atoms with Crippen molar-refractivity contribution in [3.05, 3.63) is 22.7 Å². The van der Waals surface area contributed by atoms with Crippen LogP contribution in [0.15, 0.2) is 22.7 Å². The van der Waals surface area contributed by atoms with E-state index in [0.29, 0.717) is 0 Å². The molecule has 3 nitrogen and oxygen atoms in total. The van der Waals surface area contributed by atoms with Crippen molar-refractivity contribution in [2.75, 3.05) is 12.5 Å². The van der Waals surface area contributed by atoms with Gasteiger partial charge in [0.15, 0.2) is 0 Å². The molecule has 1 aromatic carbocycles. The predicted molar refractivity (Wildman–Crippen MR) is 55.8 cm³/mol. The molecule has 0 radical (unpaired) electrons. The number of benzene rings is 1. The Kier molecular flexibility index (Phi) is 5.04. The lowest BCUT2D eigenvalue weighted by atomic mass is 10.3. The Labute approximate surface area is 85.8 Å². The first-order chi connectivity index (χ1) is 5.27. The Hall–Kier alpha value is -0.450. The molecule has 0 saturated heterocycles. The number of nitrogens with one attached hydrogen (secondary N) is 1. The number of nitrogens with two attached hydrogens (primary N) is 1. The number of anilines is 1. The van der Waals surface area contributed by atoms with E-state index in [1.165, 1.54) is 0 Å². The average Bonchev–Trinajstić information content (AvgIpc) is 2.04. The number of nitrogen functional groups attached to an aromatic ring is 1. The summed E-state index contributed by atoms with van der Waals surface area (Å²) in [6.45, 7) is 0. The van der Waals surface area contributed by atoms with Crippen molar-refractivity contribution in [1.29, 1.82) is 0 Å². The van der Waals surface area contributed by atoms with Gasteiger partial charge in [0.1, 0.15) is 5.75 Å². The predicted octanol–water partition coefficient (Wildman–Crippen LogP) is 2.17. The molecule has 0 aliphatic carbocycles. The van der Waals surface area contributed by atoms with Gasteiger partial charge in [-0.15, -0.1) is 12.4 Å². The highest BCUT2D eigenvalue weighted by Gasteiger charge is 1.98. The first-order valence-electron chi connectivity index (χ1n) is 3.08. The highest BCUT2D eigenvalue weighted by Crippen LogP contribution is 2.25. The van der Waals surface area contributed by atoms with Crippen LogP contribution in [0.5, 0.6) is 5.75 Å². The summed E-state index contributed by atoms with van der Waals surface area (Å²) in [4.78, 5) is 0. The Bertz CT molecular complexity index is 257. The van der Waals surface area contributed by atoms with E-state index in [2.05, 4.69) is 21.4 Å². The SMILES string of the molecule is COc1ccc(NN)c(Br)c1.Cl. The van der Waals surface area contributed by atoms with Gasteiger partial charge in [-0.2, -0.15) is 0 Å². The molecule has 0 fully saturated rings. The minimum absolute atomic E-state index is 0. The second-order valence-corrected chi connectivity index (χ2v) is 2.84. The molecular weight excluding hydrogens is 243 g/mol. The van der Waals surface area contributed by atoms with Gasteiger partial charge in [0.2, 0.25) is 0 Å². The van der Waals surface area contributed by atoms with Gasteiger partial charge in [-0.25, -0.2) is 0 Å². The van der Waals surface area contributed by atoms with Gasteiger partial charge in [-0.05, 0) is 34.1 Å². The zero-order valence-corrected chi connectivity index (χ0v) is 8.91. The third kappa shape index (κ3) is 2.55. The number of rotatable bonds is 2. The van der Waals surface area contributed by atoms with Crippen LogP contribution in [0.25, 0.3) is 0 Å². The highest BCUT2D eigenvalue weighted by molar-refractivity contribution is 9.10. The topological polar surface area (TPSA) is 47.3 Å². The van der Waals surface area contributed by atoms with Gasteiger partial charge in [0, 0.05) is 4.47 Å². The van der Waals surface area contributed by atoms with Crippen molar-refractivity contribution in [1.82, 2.24) is 0 Å². The molecule has 0 atom stereocenters. The Morgan fingerprint density at radius 3 is 2.58 bits per heavy atom. The van der Waals surface area contributed by atoms with E-state index in [-0.39, 0.29) is 12.4 Å². The van der Waals surface area contributed by atoms with E-state index in [0.717, 1.165) is 15.9 Å². The van der Waals surface area contributed by atoms with Gasteiger partial charge < -0.3 is 10.2 Å². The van der Waals surface area contributed by atoms with E-state index < -0.39 is 0 Å². The van der Waals surface area contributed by atoms with Crippen molar-refractivity contribution in [2.24, 2.45) is 5.84 Å². The van der Waals surface area contributed by atoms with Crippen LogP contribution < -0.4 is 16.0 Å². The summed E-state index contributed by atoms with van der Waals surface area (Å²) in [5.41, 5.74) is 3.38.